The number of carbonyl (C=O) groups is 1. The number of nitrogens with one attached hydrogen (secondary N) is 2. The highest BCUT2D eigenvalue weighted by Gasteiger charge is 2.40. The summed E-state index contributed by atoms with van der Waals surface area (Å²) in [7, 11) is 0. The monoisotopic (exact) mass is 256 g/mol. The molecule has 1 fully saturated rings. The maximum absolute atomic E-state index is 11.8. The van der Waals surface area contributed by atoms with E-state index in [1.165, 1.54) is 12.8 Å². The van der Waals surface area contributed by atoms with Gasteiger partial charge in [-0.2, -0.15) is 0 Å². The predicted molar refractivity (Wildman–Crippen MR) is 73.4 cm³/mol. The normalized spacial score (nSPS) is 19.2. The van der Waals surface area contributed by atoms with E-state index in [2.05, 4.69) is 38.3 Å². The molecule has 18 heavy (non-hydrogen) atoms. The third-order valence-electron chi connectivity index (χ3n) is 3.75. The van der Waals surface area contributed by atoms with Crippen LogP contribution in [0.3, 0.4) is 0 Å². The van der Waals surface area contributed by atoms with Gasteiger partial charge in [0, 0.05) is 6.54 Å². The summed E-state index contributed by atoms with van der Waals surface area (Å²) >= 11 is 0. The van der Waals surface area contributed by atoms with Crippen LogP contribution in [-0.4, -0.2) is 30.3 Å². The van der Waals surface area contributed by atoms with Crippen LogP contribution in [-0.2, 0) is 0 Å². The van der Waals surface area contributed by atoms with Crippen molar-refractivity contribution >= 4 is 6.03 Å². The fourth-order valence-electron chi connectivity index (χ4n) is 2.24. The third-order valence-corrected chi connectivity index (χ3v) is 3.75. The molecule has 0 aromatic heterocycles. The topological polar surface area (TPSA) is 61.4 Å². The van der Waals surface area contributed by atoms with Crippen LogP contribution in [0, 0.1) is 10.8 Å². The zero-order valence-corrected chi connectivity index (χ0v) is 12.2. The van der Waals surface area contributed by atoms with Crippen LogP contribution in [0.15, 0.2) is 0 Å². The van der Waals surface area contributed by atoms with Crippen LogP contribution < -0.4 is 10.6 Å². The van der Waals surface area contributed by atoms with Crippen molar-refractivity contribution in [2.24, 2.45) is 10.8 Å². The van der Waals surface area contributed by atoms with Crippen LogP contribution in [0.2, 0.25) is 0 Å². The lowest BCUT2D eigenvalue weighted by Gasteiger charge is -2.25. The van der Waals surface area contributed by atoms with Crippen LogP contribution in [0.4, 0.5) is 4.79 Å². The zero-order valence-electron chi connectivity index (χ0n) is 12.2. The van der Waals surface area contributed by atoms with Gasteiger partial charge in [-0.15, -0.1) is 0 Å². The number of hydrogen-bond donors (Lipinski definition) is 3. The standard InChI is InChI=1S/C14H28N2O2/c1-5-14(6-7-14)10-15-12(18)16-11(9-17)8-13(2,3)4/h11,17H,5-10H2,1-4H3,(H2,15,16,18). The van der Waals surface area contributed by atoms with Gasteiger partial charge in [0.1, 0.15) is 0 Å². The van der Waals surface area contributed by atoms with Crippen LogP contribution in [0.1, 0.15) is 53.4 Å². The average molecular weight is 256 g/mol. The average Bonchev–Trinajstić information content (AvgIpc) is 3.04. The van der Waals surface area contributed by atoms with E-state index in [0.717, 1.165) is 19.4 Å². The minimum atomic E-state index is -0.165. The Bertz CT molecular complexity index is 280. The Morgan fingerprint density at radius 1 is 1.39 bits per heavy atom. The number of aliphatic hydroxyl groups is 1. The van der Waals surface area contributed by atoms with Gasteiger partial charge in [-0.05, 0) is 36.5 Å². The smallest absolute Gasteiger partial charge is 0.315 e. The Labute approximate surface area is 111 Å². The fourth-order valence-corrected chi connectivity index (χ4v) is 2.24. The molecule has 1 saturated carbocycles. The van der Waals surface area contributed by atoms with Gasteiger partial charge in [0.05, 0.1) is 12.6 Å². The van der Waals surface area contributed by atoms with Crippen LogP contribution in [0.25, 0.3) is 0 Å². The molecular weight excluding hydrogens is 228 g/mol. The summed E-state index contributed by atoms with van der Waals surface area (Å²) in [6, 6.07) is -0.320. The van der Waals surface area contributed by atoms with Gasteiger partial charge in [0.2, 0.25) is 0 Å². The van der Waals surface area contributed by atoms with Gasteiger partial charge < -0.3 is 15.7 Å². The Balaban J connectivity index is 2.29. The number of urea groups is 1. The Kier molecular flexibility index (Phi) is 5.02. The van der Waals surface area contributed by atoms with Crippen molar-refractivity contribution in [3.8, 4) is 0 Å². The summed E-state index contributed by atoms with van der Waals surface area (Å²) in [5.41, 5.74) is 0.456. The first-order chi connectivity index (χ1) is 8.30. The number of rotatable bonds is 6. The van der Waals surface area contributed by atoms with E-state index in [1.807, 2.05) is 0 Å². The molecule has 1 unspecified atom stereocenters. The SMILES string of the molecule is CCC1(CNC(=O)NC(CO)CC(C)(C)C)CC1. The maximum atomic E-state index is 11.8. The highest BCUT2D eigenvalue weighted by molar-refractivity contribution is 5.74. The predicted octanol–water partition coefficient (Wildman–Crippen LogP) is 2.27. The fraction of sp³-hybridized carbons (Fsp3) is 0.929. The molecule has 1 aliphatic rings. The van der Waals surface area contributed by atoms with Crippen LogP contribution >= 0.6 is 0 Å². The van der Waals surface area contributed by atoms with Crippen molar-refractivity contribution in [3.63, 3.8) is 0 Å². The van der Waals surface area contributed by atoms with Crippen molar-refractivity contribution < 1.29 is 9.90 Å². The molecular formula is C14H28N2O2. The molecule has 0 saturated heterocycles. The second kappa shape index (κ2) is 5.91. The quantitative estimate of drug-likeness (QED) is 0.682. The summed E-state index contributed by atoms with van der Waals surface area (Å²) < 4.78 is 0. The van der Waals surface area contributed by atoms with E-state index in [9.17, 15) is 9.90 Å². The summed E-state index contributed by atoms with van der Waals surface area (Å²) in [6.07, 6.45) is 4.33. The number of aliphatic hydroxyl groups excluding tert-OH is 1. The minimum Gasteiger partial charge on any atom is -0.394 e. The van der Waals surface area contributed by atoms with Gasteiger partial charge in [-0.1, -0.05) is 27.7 Å². The molecule has 106 valence electrons. The third kappa shape index (κ3) is 5.25. The first-order valence-electron chi connectivity index (χ1n) is 6.95. The molecule has 0 aromatic carbocycles. The molecule has 0 spiro atoms. The lowest BCUT2D eigenvalue weighted by atomic mass is 9.88. The second-order valence-electron chi connectivity index (χ2n) is 6.82. The maximum Gasteiger partial charge on any atom is 0.315 e. The van der Waals surface area contributed by atoms with E-state index in [-0.39, 0.29) is 24.1 Å². The highest BCUT2D eigenvalue weighted by atomic mass is 16.3. The van der Waals surface area contributed by atoms with E-state index >= 15 is 0 Å². The van der Waals surface area contributed by atoms with Crippen molar-refractivity contribution in [2.45, 2.75) is 59.4 Å². The number of amides is 2. The molecule has 1 atom stereocenters. The molecule has 0 aliphatic heterocycles. The Morgan fingerprint density at radius 2 is 2.00 bits per heavy atom. The van der Waals surface area contributed by atoms with Crippen molar-refractivity contribution in [3.05, 3.63) is 0 Å². The molecule has 0 radical (unpaired) electrons. The molecule has 0 heterocycles. The van der Waals surface area contributed by atoms with Crippen molar-refractivity contribution in [1.29, 1.82) is 0 Å². The van der Waals surface area contributed by atoms with E-state index in [1.54, 1.807) is 0 Å². The Morgan fingerprint density at radius 3 is 2.39 bits per heavy atom. The second-order valence-corrected chi connectivity index (χ2v) is 6.82. The van der Waals surface area contributed by atoms with Crippen LogP contribution in [0.5, 0.6) is 0 Å². The molecule has 2 amide bonds. The number of carbonyl (C=O) groups excluding carboxylic acids is 1. The summed E-state index contributed by atoms with van der Waals surface area (Å²) in [5, 5.41) is 15.1. The largest absolute Gasteiger partial charge is 0.394 e. The van der Waals surface area contributed by atoms with Gasteiger partial charge >= 0.3 is 6.03 Å². The van der Waals surface area contributed by atoms with Gasteiger partial charge in [0.25, 0.3) is 0 Å². The molecule has 1 aliphatic carbocycles. The van der Waals surface area contributed by atoms with E-state index in [0.29, 0.717) is 5.41 Å². The van der Waals surface area contributed by atoms with E-state index < -0.39 is 0 Å². The minimum absolute atomic E-state index is 0.0103. The lowest BCUT2D eigenvalue weighted by molar-refractivity contribution is 0.190. The molecule has 0 aromatic rings. The van der Waals surface area contributed by atoms with E-state index in [4.69, 9.17) is 0 Å². The van der Waals surface area contributed by atoms with Crippen molar-refractivity contribution in [1.82, 2.24) is 10.6 Å². The molecule has 0 bridgehead atoms. The molecule has 1 rings (SSSR count). The summed E-state index contributed by atoms with van der Waals surface area (Å²) in [4.78, 5) is 11.8. The van der Waals surface area contributed by atoms with Crippen molar-refractivity contribution in [2.75, 3.05) is 13.2 Å². The highest BCUT2D eigenvalue weighted by Crippen LogP contribution is 2.47. The first-order valence-corrected chi connectivity index (χ1v) is 6.95. The summed E-state index contributed by atoms with van der Waals surface area (Å²) in [6.45, 7) is 9.22. The zero-order chi connectivity index (χ0) is 13.8. The Hall–Kier alpha value is -0.770. The first kappa shape index (κ1) is 15.3. The number of hydrogen-bond acceptors (Lipinski definition) is 2. The summed E-state index contributed by atoms with van der Waals surface area (Å²) in [5.74, 6) is 0. The molecule has 4 heteroatoms. The van der Waals surface area contributed by atoms with Gasteiger partial charge in [0.15, 0.2) is 0 Å². The molecule has 4 nitrogen and oxygen atoms in total. The molecule has 3 N–H and O–H groups in total. The van der Waals surface area contributed by atoms with Gasteiger partial charge in [-0.25, -0.2) is 4.79 Å². The van der Waals surface area contributed by atoms with Gasteiger partial charge in [-0.3, -0.25) is 0 Å². The lowest BCUT2D eigenvalue weighted by Crippen LogP contribution is -2.46.